The Morgan fingerprint density at radius 2 is 1.78 bits per heavy atom. The highest BCUT2D eigenvalue weighted by molar-refractivity contribution is 8.00. The van der Waals surface area contributed by atoms with Gasteiger partial charge in [0.15, 0.2) is 0 Å². The molecule has 1 unspecified atom stereocenters. The number of nitrogens with one attached hydrogen (secondary N) is 1. The van der Waals surface area contributed by atoms with E-state index in [1.165, 1.54) is 16.1 Å². The molecular formula is C20H22N2O3S2. The molecule has 27 heavy (non-hydrogen) atoms. The van der Waals surface area contributed by atoms with Crippen LogP contribution in [0.15, 0.2) is 59.5 Å². The van der Waals surface area contributed by atoms with Crippen molar-refractivity contribution in [3.05, 3.63) is 54.6 Å². The fourth-order valence-electron chi connectivity index (χ4n) is 3.23. The van der Waals surface area contributed by atoms with Crippen LogP contribution in [0.1, 0.15) is 12.8 Å². The fraction of sp³-hybridized carbons (Fsp3) is 0.350. The lowest BCUT2D eigenvalue weighted by molar-refractivity contribution is -0.123. The second kappa shape index (κ2) is 7.66. The molecule has 0 bridgehead atoms. The molecule has 1 saturated carbocycles. The number of nitrogens with zero attached hydrogens (tertiary/aromatic N) is 1. The van der Waals surface area contributed by atoms with Gasteiger partial charge in [0.1, 0.15) is 6.04 Å². The fourth-order valence-corrected chi connectivity index (χ4v) is 6.59. The van der Waals surface area contributed by atoms with E-state index in [0.717, 1.165) is 18.4 Å². The quantitative estimate of drug-likeness (QED) is 0.807. The Bertz CT molecular complexity index is 927. The average molecular weight is 403 g/mol. The first-order valence-electron chi connectivity index (χ1n) is 9.09. The molecule has 5 nitrogen and oxygen atoms in total. The molecule has 0 spiro atoms. The summed E-state index contributed by atoms with van der Waals surface area (Å²) in [6.07, 6.45) is 2.29. The molecule has 7 heteroatoms. The molecule has 2 aliphatic rings. The summed E-state index contributed by atoms with van der Waals surface area (Å²) >= 11 is 1.48. The highest BCUT2D eigenvalue weighted by atomic mass is 32.2. The lowest BCUT2D eigenvalue weighted by atomic mass is 10.1. The number of thioether (sulfide) groups is 1. The van der Waals surface area contributed by atoms with Crippen LogP contribution >= 0.6 is 11.8 Å². The Morgan fingerprint density at radius 1 is 1.07 bits per heavy atom. The number of carbonyl (C=O) groups excluding carboxylic acids is 1. The third-order valence-electron chi connectivity index (χ3n) is 4.96. The van der Waals surface area contributed by atoms with Gasteiger partial charge >= 0.3 is 0 Å². The molecule has 4 rings (SSSR count). The van der Waals surface area contributed by atoms with E-state index < -0.39 is 16.1 Å². The summed E-state index contributed by atoms with van der Waals surface area (Å²) in [5.74, 6) is 1.16. The van der Waals surface area contributed by atoms with Gasteiger partial charge in [0, 0.05) is 17.9 Å². The Labute approximate surface area is 164 Å². The van der Waals surface area contributed by atoms with E-state index in [2.05, 4.69) is 5.32 Å². The molecule has 1 aliphatic heterocycles. The number of amides is 1. The smallest absolute Gasteiger partial charge is 0.245 e. The number of hydrogen-bond donors (Lipinski definition) is 1. The predicted molar refractivity (Wildman–Crippen MR) is 108 cm³/mol. The van der Waals surface area contributed by atoms with Crippen molar-refractivity contribution in [3.63, 3.8) is 0 Å². The summed E-state index contributed by atoms with van der Waals surface area (Å²) in [4.78, 5) is 12.8. The van der Waals surface area contributed by atoms with Crippen LogP contribution in [0.2, 0.25) is 0 Å². The Kier molecular flexibility index (Phi) is 5.25. The first-order chi connectivity index (χ1) is 13.1. The number of carbonyl (C=O) groups is 1. The molecular weight excluding hydrogens is 380 g/mol. The van der Waals surface area contributed by atoms with E-state index >= 15 is 0 Å². The minimum atomic E-state index is -3.78. The van der Waals surface area contributed by atoms with Gasteiger partial charge in [-0.1, -0.05) is 48.5 Å². The second-order valence-corrected chi connectivity index (χ2v) is 9.82. The third kappa shape index (κ3) is 3.90. The molecule has 1 atom stereocenters. The first-order valence-corrected chi connectivity index (χ1v) is 11.7. The zero-order valence-electron chi connectivity index (χ0n) is 14.9. The second-order valence-electron chi connectivity index (χ2n) is 6.96. The molecule has 1 N–H and O–H groups in total. The first kappa shape index (κ1) is 18.5. The highest BCUT2D eigenvalue weighted by Crippen LogP contribution is 2.34. The molecule has 1 aliphatic carbocycles. The van der Waals surface area contributed by atoms with Crippen LogP contribution in [0.25, 0.3) is 11.1 Å². The SMILES string of the molecule is O=C(NCC1CC1)C1CSCN1S(=O)(=O)c1ccccc1-c1ccccc1. The minimum Gasteiger partial charge on any atom is -0.354 e. The molecule has 0 aromatic heterocycles. The van der Waals surface area contributed by atoms with Crippen molar-refractivity contribution in [1.29, 1.82) is 0 Å². The minimum absolute atomic E-state index is 0.187. The van der Waals surface area contributed by atoms with E-state index in [1.54, 1.807) is 12.1 Å². The Balaban J connectivity index is 1.64. The molecule has 2 aromatic carbocycles. The van der Waals surface area contributed by atoms with Gasteiger partial charge in [0.25, 0.3) is 0 Å². The topological polar surface area (TPSA) is 66.5 Å². The standard InChI is InChI=1S/C20H22N2O3S2/c23-20(21-12-15-10-11-15)18-13-26-14-22(18)27(24,25)19-9-5-4-8-17(19)16-6-2-1-3-7-16/h1-9,15,18H,10-14H2,(H,21,23). The summed E-state index contributed by atoms with van der Waals surface area (Å²) < 4.78 is 28.2. The molecule has 0 radical (unpaired) electrons. The molecule has 1 heterocycles. The largest absolute Gasteiger partial charge is 0.354 e. The lowest BCUT2D eigenvalue weighted by Gasteiger charge is -2.24. The molecule has 2 fully saturated rings. The number of benzene rings is 2. The van der Waals surface area contributed by atoms with Gasteiger partial charge in [-0.05, 0) is 30.4 Å². The zero-order chi connectivity index (χ0) is 18.9. The van der Waals surface area contributed by atoms with Gasteiger partial charge < -0.3 is 5.32 Å². The monoisotopic (exact) mass is 402 g/mol. The van der Waals surface area contributed by atoms with E-state index in [9.17, 15) is 13.2 Å². The highest BCUT2D eigenvalue weighted by Gasteiger charge is 2.41. The van der Waals surface area contributed by atoms with Crippen molar-refractivity contribution in [1.82, 2.24) is 9.62 Å². The number of hydrogen-bond acceptors (Lipinski definition) is 4. The number of rotatable bonds is 6. The van der Waals surface area contributed by atoms with Gasteiger partial charge in [-0.3, -0.25) is 4.79 Å². The molecule has 2 aromatic rings. The summed E-state index contributed by atoms with van der Waals surface area (Å²) in [5, 5.41) is 2.93. The van der Waals surface area contributed by atoms with Crippen LogP contribution in [0.4, 0.5) is 0 Å². The average Bonchev–Trinajstić information content (AvgIpc) is 3.39. The van der Waals surface area contributed by atoms with Gasteiger partial charge in [-0.2, -0.15) is 4.31 Å². The van der Waals surface area contributed by atoms with Crippen LogP contribution in [0, 0.1) is 5.92 Å². The van der Waals surface area contributed by atoms with Crippen molar-refractivity contribution < 1.29 is 13.2 Å². The summed E-state index contributed by atoms with van der Waals surface area (Å²) in [6.45, 7) is 0.647. The van der Waals surface area contributed by atoms with Crippen LogP contribution in [-0.2, 0) is 14.8 Å². The Hall–Kier alpha value is -1.83. The molecule has 142 valence electrons. The normalized spacial score (nSPS) is 20.5. The Morgan fingerprint density at radius 3 is 2.52 bits per heavy atom. The lowest BCUT2D eigenvalue weighted by Crippen LogP contribution is -2.47. The van der Waals surface area contributed by atoms with Crippen LogP contribution in [0.3, 0.4) is 0 Å². The zero-order valence-corrected chi connectivity index (χ0v) is 16.5. The predicted octanol–water partition coefficient (Wildman–Crippen LogP) is 2.94. The van der Waals surface area contributed by atoms with E-state index in [0.29, 0.717) is 29.7 Å². The van der Waals surface area contributed by atoms with Gasteiger partial charge in [-0.25, -0.2) is 8.42 Å². The van der Waals surface area contributed by atoms with E-state index in [1.807, 2.05) is 42.5 Å². The third-order valence-corrected chi connectivity index (χ3v) is 8.05. The van der Waals surface area contributed by atoms with Crippen molar-refractivity contribution in [2.75, 3.05) is 18.2 Å². The maximum atomic E-state index is 13.4. The van der Waals surface area contributed by atoms with Crippen LogP contribution < -0.4 is 5.32 Å². The number of sulfonamides is 1. The van der Waals surface area contributed by atoms with E-state index in [4.69, 9.17) is 0 Å². The maximum Gasteiger partial charge on any atom is 0.245 e. The van der Waals surface area contributed by atoms with Gasteiger partial charge in [0.2, 0.25) is 15.9 Å². The van der Waals surface area contributed by atoms with Crippen molar-refractivity contribution in [3.8, 4) is 11.1 Å². The molecule has 1 amide bonds. The maximum absolute atomic E-state index is 13.4. The van der Waals surface area contributed by atoms with Crippen molar-refractivity contribution in [2.45, 2.75) is 23.8 Å². The summed E-state index contributed by atoms with van der Waals surface area (Å²) in [5.41, 5.74) is 1.50. The van der Waals surface area contributed by atoms with E-state index in [-0.39, 0.29) is 10.8 Å². The molecule has 1 saturated heterocycles. The van der Waals surface area contributed by atoms with Crippen molar-refractivity contribution >= 4 is 27.7 Å². The summed E-state index contributed by atoms with van der Waals surface area (Å²) in [6, 6.07) is 15.8. The van der Waals surface area contributed by atoms with Crippen molar-refractivity contribution in [2.24, 2.45) is 5.92 Å². The van der Waals surface area contributed by atoms with Crippen LogP contribution in [0.5, 0.6) is 0 Å². The van der Waals surface area contributed by atoms with Gasteiger partial charge in [0.05, 0.1) is 10.8 Å². The van der Waals surface area contributed by atoms with Crippen LogP contribution in [-0.4, -0.2) is 42.8 Å². The van der Waals surface area contributed by atoms with Gasteiger partial charge in [-0.15, -0.1) is 11.8 Å². The summed E-state index contributed by atoms with van der Waals surface area (Å²) in [7, 11) is -3.78.